The second-order valence-corrected chi connectivity index (χ2v) is 8.60. The molecular weight excluding hydrogens is 433 g/mol. The van der Waals surface area contributed by atoms with Gasteiger partial charge in [0.2, 0.25) is 5.91 Å². The van der Waals surface area contributed by atoms with E-state index in [2.05, 4.69) is 10.2 Å². The standard InChI is InChI=1S/C24H27ClFN3O3/c25-20-5-3-6-21(26)19(20)16-28-10-8-17(9-11-28)23(30)27-22-7-2-1-4-18(22)24(31)29-12-14-32-15-13-29/h1-7,17H,8-16H2,(H,27,30). The Morgan fingerprint density at radius 2 is 1.75 bits per heavy atom. The molecular formula is C24H27ClFN3O3. The van der Waals surface area contributed by atoms with Crippen LogP contribution in [0.25, 0.3) is 0 Å². The number of hydrogen-bond acceptors (Lipinski definition) is 4. The maximum atomic E-state index is 14.1. The number of carbonyl (C=O) groups is 2. The highest BCUT2D eigenvalue weighted by Gasteiger charge is 2.27. The molecule has 2 saturated heterocycles. The first-order valence-corrected chi connectivity index (χ1v) is 11.3. The lowest BCUT2D eigenvalue weighted by Gasteiger charge is -2.32. The van der Waals surface area contributed by atoms with Gasteiger partial charge in [-0.1, -0.05) is 29.8 Å². The molecule has 32 heavy (non-hydrogen) atoms. The Kier molecular flexibility index (Phi) is 7.40. The van der Waals surface area contributed by atoms with Gasteiger partial charge in [-0.25, -0.2) is 4.39 Å². The number of nitrogens with zero attached hydrogens (tertiary/aromatic N) is 2. The summed E-state index contributed by atoms with van der Waals surface area (Å²) < 4.78 is 19.4. The van der Waals surface area contributed by atoms with E-state index in [0.29, 0.717) is 80.6 Å². The minimum Gasteiger partial charge on any atom is -0.378 e. The molecule has 0 atom stereocenters. The Bertz CT molecular complexity index is 952. The van der Waals surface area contributed by atoms with Crippen LogP contribution in [-0.2, 0) is 16.1 Å². The van der Waals surface area contributed by atoms with Crippen LogP contribution in [0.4, 0.5) is 10.1 Å². The van der Waals surface area contributed by atoms with Gasteiger partial charge in [-0.05, 0) is 50.2 Å². The molecule has 2 aromatic rings. The van der Waals surface area contributed by atoms with Gasteiger partial charge in [-0.15, -0.1) is 0 Å². The van der Waals surface area contributed by atoms with Gasteiger partial charge >= 0.3 is 0 Å². The summed E-state index contributed by atoms with van der Waals surface area (Å²) in [5, 5.41) is 3.39. The van der Waals surface area contributed by atoms with Crippen molar-refractivity contribution in [1.82, 2.24) is 9.80 Å². The summed E-state index contributed by atoms with van der Waals surface area (Å²) in [4.78, 5) is 29.7. The van der Waals surface area contributed by atoms with Crippen LogP contribution >= 0.6 is 11.6 Å². The van der Waals surface area contributed by atoms with Gasteiger partial charge in [0.1, 0.15) is 5.82 Å². The molecule has 2 aliphatic rings. The first-order chi connectivity index (χ1) is 15.5. The van der Waals surface area contributed by atoms with E-state index in [4.69, 9.17) is 16.3 Å². The first-order valence-electron chi connectivity index (χ1n) is 10.9. The van der Waals surface area contributed by atoms with Crippen molar-refractivity contribution in [3.05, 3.63) is 64.4 Å². The van der Waals surface area contributed by atoms with Crippen LogP contribution in [0, 0.1) is 11.7 Å². The number of morpholine rings is 1. The van der Waals surface area contributed by atoms with E-state index in [-0.39, 0.29) is 23.5 Å². The Morgan fingerprint density at radius 3 is 2.47 bits per heavy atom. The van der Waals surface area contributed by atoms with E-state index in [1.54, 1.807) is 35.2 Å². The average Bonchev–Trinajstić information content (AvgIpc) is 2.82. The number of piperidine rings is 1. The molecule has 0 spiro atoms. The third kappa shape index (κ3) is 5.28. The molecule has 0 aliphatic carbocycles. The van der Waals surface area contributed by atoms with E-state index in [0.717, 1.165) is 0 Å². The number of carbonyl (C=O) groups excluding carboxylic acids is 2. The van der Waals surface area contributed by atoms with Gasteiger partial charge < -0.3 is 15.0 Å². The number of benzene rings is 2. The number of amides is 2. The van der Waals surface area contributed by atoms with E-state index in [9.17, 15) is 14.0 Å². The number of halogens is 2. The number of para-hydroxylation sites is 1. The number of likely N-dealkylation sites (tertiary alicyclic amines) is 1. The highest BCUT2D eigenvalue weighted by molar-refractivity contribution is 6.31. The Balaban J connectivity index is 1.35. The summed E-state index contributed by atoms with van der Waals surface area (Å²) in [5.74, 6) is -0.649. The summed E-state index contributed by atoms with van der Waals surface area (Å²) in [6.07, 6.45) is 1.33. The van der Waals surface area contributed by atoms with Crippen LogP contribution in [0.15, 0.2) is 42.5 Å². The molecule has 0 saturated carbocycles. The maximum Gasteiger partial charge on any atom is 0.256 e. The van der Waals surface area contributed by atoms with Crippen LogP contribution in [-0.4, -0.2) is 61.0 Å². The monoisotopic (exact) mass is 459 g/mol. The third-order valence-corrected chi connectivity index (χ3v) is 6.47. The summed E-state index contributed by atoms with van der Waals surface area (Å²) >= 11 is 6.15. The van der Waals surface area contributed by atoms with Crippen molar-refractivity contribution in [1.29, 1.82) is 0 Å². The summed E-state index contributed by atoms with van der Waals surface area (Å²) in [6.45, 7) is 3.93. The summed E-state index contributed by atoms with van der Waals surface area (Å²) in [5.41, 5.74) is 1.52. The normalized spacial score (nSPS) is 17.9. The van der Waals surface area contributed by atoms with E-state index >= 15 is 0 Å². The molecule has 2 heterocycles. The Hall–Kier alpha value is -2.48. The molecule has 2 fully saturated rings. The van der Waals surface area contributed by atoms with Crippen molar-refractivity contribution in [2.45, 2.75) is 19.4 Å². The van der Waals surface area contributed by atoms with Gasteiger partial charge in [0.25, 0.3) is 5.91 Å². The molecule has 8 heteroatoms. The zero-order valence-electron chi connectivity index (χ0n) is 17.9. The molecule has 0 unspecified atom stereocenters. The number of nitrogens with one attached hydrogen (secondary N) is 1. The molecule has 2 aromatic carbocycles. The Morgan fingerprint density at radius 1 is 1.03 bits per heavy atom. The highest BCUT2D eigenvalue weighted by atomic mass is 35.5. The predicted molar refractivity (Wildman–Crippen MR) is 121 cm³/mol. The minimum atomic E-state index is -0.307. The molecule has 170 valence electrons. The zero-order valence-corrected chi connectivity index (χ0v) is 18.6. The summed E-state index contributed by atoms with van der Waals surface area (Å²) in [7, 11) is 0. The third-order valence-electron chi connectivity index (χ3n) is 6.12. The molecule has 4 rings (SSSR count). The predicted octanol–water partition coefficient (Wildman–Crippen LogP) is 3.80. The lowest BCUT2D eigenvalue weighted by atomic mass is 9.95. The fourth-order valence-corrected chi connectivity index (χ4v) is 4.43. The van der Waals surface area contributed by atoms with E-state index < -0.39 is 0 Å². The van der Waals surface area contributed by atoms with Crippen molar-refractivity contribution in [3.8, 4) is 0 Å². The molecule has 2 amide bonds. The number of ether oxygens (including phenoxy) is 1. The lowest BCUT2D eigenvalue weighted by Crippen LogP contribution is -2.41. The molecule has 6 nitrogen and oxygen atoms in total. The van der Waals surface area contributed by atoms with Gasteiger partial charge in [0.05, 0.1) is 24.5 Å². The van der Waals surface area contributed by atoms with Crippen molar-refractivity contribution < 1.29 is 18.7 Å². The van der Waals surface area contributed by atoms with Gasteiger partial charge in [-0.2, -0.15) is 0 Å². The van der Waals surface area contributed by atoms with Crippen LogP contribution in [0.5, 0.6) is 0 Å². The lowest BCUT2D eigenvalue weighted by molar-refractivity contribution is -0.121. The largest absolute Gasteiger partial charge is 0.378 e. The average molecular weight is 460 g/mol. The van der Waals surface area contributed by atoms with Crippen LogP contribution in [0.3, 0.4) is 0 Å². The quantitative estimate of drug-likeness (QED) is 0.738. The molecule has 0 bridgehead atoms. The molecule has 0 radical (unpaired) electrons. The molecule has 2 aliphatic heterocycles. The van der Waals surface area contributed by atoms with Crippen molar-refractivity contribution in [2.24, 2.45) is 5.92 Å². The summed E-state index contributed by atoms with van der Waals surface area (Å²) in [6, 6.07) is 11.8. The smallest absolute Gasteiger partial charge is 0.256 e. The molecule has 0 aromatic heterocycles. The van der Waals surface area contributed by atoms with Crippen LogP contribution < -0.4 is 5.32 Å². The number of anilines is 1. The molecule has 1 N–H and O–H groups in total. The van der Waals surface area contributed by atoms with Gasteiger partial charge in [0.15, 0.2) is 0 Å². The van der Waals surface area contributed by atoms with Crippen LogP contribution in [0.1, 0.15) is 28.8 Å². The number of rotatable bonds is 5. The second kappa shape index (κ2) is 10.4. The second-order valence-electron chi connectivity index (χ2n) is 8.19. The van der Waals surface area contributed by atoms with Gasteiger partial charge in [0, 0.05) is 36.1 Å². The van der Waals surface area contributed by atoms with Crippen molar-refractivity contribution in [2.75, 3.05) is 44.7 Å². The van der Waals surface area contributed by atoms with E-state index in [1.807, 2.05) is 6.07 Å². The van der Waals surface area contributed by atoms with Crippen LogP contribution in [0.2, 0.25) is 5.02 Å². The Labute approximate surface area is 192 Å². The fourth-order valence-electron chi connectivity index (χ4n) is 4.21. The van der Waals surface area contributed by atoms with Crippen molar-refractivity contribution in [3.63, 3.8) is 0 Å². The van der Waals surface area contributed by atoms with Gasteiger partial charge in [-0.3, -0.25) is 14.5 Å². The highest BCUT2D eigenvalue weighted by Crippen LogP contribution is 2.26. The SMILES string of the molecule is O=C(Nc1ccccc1C(=O)N1CCOCC1)C1CCN(Cc2c(F)cccc2Cl)CC1. The topological polar surface area (TPSA) is 61.9 Å². The minimum absolute atomic E-state index is 0.0872. The fraction of sp³-hybridized carbons (Fsp3) is 0.417. The van der Waals surface area contributed by atoms with Crippen molar-refractivity contribution >= 4 is 29.1 Å². The number of hydrogen-bond donors (Lipinski definition) is 1. The van der Waals surface area contributed by atoms with E-state index in [1.165, 1.54) is 6.07 Å². The maximum absolute atomic E-state index is 14.1. The zero-order chi connectivity index (χ0) is 22.5. The first kappa shape index (κ1) is 22.7.